The number of aromatic nitrogens is 1. The normalized spacial score (nSPS) is 11.3. The molecule has 0 aliphatic rings. The summed E-state index contributed by atoms with van der Waals surface area (Å²) in [6, 6.07) is 8.25. The summed E-state index contributed by atoms with van der Waals surface area (Å²) in [6.07, 6.45) is 4.53. The van der Waals surface area contributed by atoms with Gasteiger partial charge >= 0.3 is 0 Å². The summed E-state index contributed by atoms with van der Waals surface area (Å²) in [5.41, 5.74) is 2.40. The van der Waals surface area contributed by atoms with Crippen molar-refractivity contribution < 1.29 is 4.79 Å². The highest BCUT2D eigenvalue weighted by atomic mass is 16.1. The number of hydrogen-bond donors (Lipinski definition) is 3. The van der Waals surface area contributed by atoms with Crippen LogP contribution in [0.3, 0.4) is 0 Å². The third-order valence-corrected chi connectivity index (χ3v) is 3.88. The molecule has 2 aromatic rings. The molecule has 23 heavy (non-hydrogen) atoms. The Labute approximate surface area is 138 Å². The molecule has 0 fully saturated rings. The first-order valence-corrected chi connectivity index (χ1v) is 8.34. The molecular weight excluding hydrogens is 288 g/mol. The van der Waals surface area contributed by atoms with Crippen molar-refractivity contribution in [3.63, 3.8) is 0 Å². The van der Waals surface area contributed by atoms with E-state index in [1.807, 2.05) is 18.3 Å². The maximum atomic E-state index is 11.8. The molecule has 0 atom stereocenters. The number of H-pyrrole nitrogens is 1. The summed E-state index contributed by atoms with van der Waals surface area (Å²) in [7, 11) is 4.14. The molecule has 0 spiro atoms. The lowest BCUT2D eigenvalue weighted by Gasteiger charge is -2.10. The second-order valence-electron chi connectivity index (χ2n) is 6.12. The summed E-state index contributed by atoms with van der Waals surface area (Å²) in [6.45, 7) is 3.46. The first kappa shape index (κ1) is 17.5. The highest BCUT2D eigenvalue weighted by Crippen LogP contribution is 2.17. The van der Waals surface area contributed by atoms with Crippen LogP contribution in [0.1, 0.15) is 18.4 Å². The number of nitrogens with zero attached hydrogens (tertiary/aromatic N) is 1. The van der Waals surface area contributed by atoms with Gasteiger partial charge in [0.15, 0.2) is 0 Å². The predicted molar refractivity (Wildman–Crippen MR) is 95.7 cm³/mol. The Bertz CT molecular complexity index is 606. The van der Waals surface area contributed by atoms with E-state index < -0.39 is 0 Å². The lowest BCUT2D eigenvalue weighted by atomic mass is 10.1. The van der Waals surface area contributed by atoms with Crippen LogP contribution in [0.25, 0.3) is 10.9 Å². The number of para-hydroxylation sites is 1. The molecule has 1 heterocycles. The van der Waals surface area contributed by atoms with Gasteiger partial charge in [0.25, 0.3) is 0 Å². The number of nitrogens with one attached hydrogen (secondary N) is 3. The average molecular weight is 316 g/mol. The number of carbonyl (C=O) groups excluding carboxylic acids is 1. The molecule has 126 valence electrons. The molecular formula is C18H28N4O. The monoisotopic (exact) mass is 316 g/mol. The Balaban J connectivity index is 1.58. The average Bonchev–Trinajstić information content (AvgIpc) is 2.94. The van der Waals surface area contributed by atoms with Gasteiger partial charge in [-0.2, -0.15) is 0 Å². The zero-order chi connectivity index (χ0) is 16.5. The molecule has 1 amide bonds. The Morgan fingerprint density at radius 3 is 2.83 bits per heavy atom. The lowest BCUT2D eigenvalue weighted by Crippen LogP contribution is -2.30. The van der Waals surface area contributed by atoms with Gasteiger partial charge in [-0.1, -0.05) is 18.2 Å². The van der Waals surface area contributed by atoms with Gasteiger partial charge in [-0.3, -0.25) is 4.79 Å². The lowest BCUT2D eigenvalue weighted by molar-refractivity contribution is -0.120. The number of aromatic amines is 1. The minimum atomic E-state index is 0.116. The molecule has 5 nitrogen and oxygen atoms in total. The van der Waals surface area contributed by atoms with E-state index in [0.717, 1.165) is 38.0 Å². The minimum absolute atomic E-state index is 0.116. The fourth-order valence-electron chi connectivity index (χ4n) is 2.61. The number of rotatable bonds is 10. The number of fused-ring (bicyclic) bond motifs is 1. The molecule has 1 aromatic heterocycles. The highest BCUT2D eigenvalue weighted by Gasteiger charge is 2.04. The Morgan fingerprint density at radius 1 is 1.17 bits per heavy atom. The van der Waals surface area contributed by atoms with Crippen LogP contribution in [0.5, 0.6) is 0 Å². The van der Waals surface area contributed by atoms with Crippen LogP contribution in [0.4, 0.5) is 0 Å². The van der Waals surface area contributed by atoms with Gasteiger partial charge < -0.3 is 20.5 Å². The zero-order valence-electron chi connectivity index (χ0n) is 14.2. The van der Waals surface area contributed by atoms with Gasteiger partial charge in [-0.15, -0.1) is 0 Å². The van der Waals surface area contributed by atoms with Crippen molar-refractivity contribution in [3.05, 3.63) is 36.0 Å². The van der Waals surface area contributed by atoms with Crippen LogP contribution < -0.4 is 10.6 Å². The van der Waals surface area contributed by atoms with Gasteiger partial charge in [0.05, 0.1) is 0 Å². The van der Waals surface area contributed by atoms with Crippen LogP contribution in [-0.2, 0) is 11.2 Å². The number of amides is 1. The fourth-order valence-corrected chi connectivity index (χ4v) is 2.61. The molecule has 5 heteroatoms. The minimum Gasteiger partial charge on any atom is -0.361 e. The molecule has 0 aliphatic carbocycles. The summed E-state index contributed by atoms with van der Waals surface area (Å²) < 4.78 is 0. The first-order chi connectivity index (χ1) is 11.2. The predicted octanol–water partition coefficient (Wildman–Crippen LogP) is 1.76. The number of hydrogen-bond acceptors (Lipinski definition) is 3. The summed E-state index contributed by atoms with van der Waals surface area (Å²) in [4.78, 5) is 17.2. The van der Waals surface area contributed by atoms with Crippen molar-refractivity contribution in [3.8, 4) is 0 Å². The van der Waals surface area contributed by atoms with Crippen LogP contribution in [0.15, 0.2) is 30.5 Å². The quantitative estimate of drug-likeness (QED) is 0.585. The van der Waals surface area contributed by atoms with Crippen LogP contribution in [0.2, 0.25) is 0 Å². The van der Waals surface area contributed by atoms with Gasteiger partial charge in [0.2, 0.25) is 5.91 Å². The molecule has 0 aliphatic heterocycles. The summed E-state index contributed by atoms with van der Waals surface area (Å²) >= 11 is 0. The van der Waals surface area contributed by atoms with Gasteiger partial charge in [0.1, 0.15) is 0 Å². The van der Waals surface area contributed by atoms with E-state index in [-0.39, 0.29) is 5.91 Å². The van der Waals surface area contributed by atoms with Gasteiger partial charge in [-0.05, 0) is 51.7 Å². The Hall–Kier alpha value is -1.85. The summed E-state index contributed by atoms with van der Waals surface area (Å²) in [5.74, 6) is 0.116. The maximum absolute atomic E-state index is 11.8. The highest BCUT2D eigenvalue weighted by molar-refractivity contribution is 5.83. The van der Waals surface area contributed by atoms with Crippen molar-refractivity contribution in [2.24, 2.45) is 0 Å². The molecule has 0 saturated heterocycles. The van der Waals surface area contributed by atoms with E-state index in [4.69, 9.17) is 0 Å². The van der Waals surface area contributed by atoms with E-state index in [9.17, 15) is 4.79 Å². The molecule has 1 aromatic carbocycles. The van der Waals surface area contributed by atoms with E-state index >= 15 is 0 Å². The van der Waals surface area contributed by atoms with Gasteiger partial charge in [-0.25, -0.2) is 0 Å². The smallest absolute Gasteiger partial charge is 0.221 e. The first-order valence-electron chi connectivity index (χ1n) is 8.34. The van der Waals surface area contributed by atoms with Gasteiger partial charge in [0, 0.05) is 36.6 Å². The molecule has 3 N–H and O–H groups in total. The largest absolute Gasteiger partial charge is 0.361 e. The van der Waals surface area contributed by atoms with Crippen LogP contribution >= 0.6 is 0 Å². The van der Waals surface area contributed by atoms with Crippen LogP contribution in [0, 0.1) is 0 Å². The molecule has 0 bridgehead atoms. The molecule has 2 rings (SSSR count). The van der Waals surface area contributed by atoms with Crippen molar-refractivity contribution >= 4 is 16.8 Å². The number of benzene rings is 1. The topological polar surface area (TPSA) is 60.2 Å². The van der Waals surface area contributed by atoms with Crippen molar-refractivity contribution in [1.29, 1.82) is 0 Å². The third kappa shape index (κ3) is 6.04. The Kier molecular flexibility index (Phi) is 7.10. The summed E-state index contributed by atoms with van der Waals surface area (Å²) in [5, 5.41) is 7.54. The van der Waals surface area contributed by atoms with E-state index in [1.54, 1.807) is 0 Å². The fraction of sp³-hybridized carbons (Fsp3) is 0.500. The molecule has 0 unspecified atom stereocenters. The standard InChI is InChI=1S/C18H28N4O/c1-22(2)13-5-10-19-11-9-18(23)20-12-8-15-14-21-17-7-4-3-6-16(15)17/h3-4,6-7,14,19,21H,5,8-13H2,1-2H3,(H,20,23). The molecule has 0 saturated carbocycles. The van der Waals surface area contributed by atoms with Crippen molar-refractivity contribution in [2.75, 3.05) is 40.3 Å². The molecule has 0 radical (unpaired) electrons. The second-order valence-corrected chi connectivity index (χ2v) is 6.12. The third-order valence-electron chi connectivity index (χ3n) is 3.88. The Morgan fingerprint density at radius 2 is 2.00 bits per heavy atom. The van der Waals surface area contributed by atoms with Crippen molar-refractivity contribution in [2.45, 2.75) is 19.3 Å². The van der Waals surface area contributed by atoms with E-state index in [0.29, 0.717) is 13.0 Å². The zero-order valence-corrected chi connectivity index (χ0v) is 14.2. The SMILES string of the molecule is CN(C)CCCNCCC(=O)NCCc1c[nH]c2ccccc12. The maximum Gasteiger partial charge on any atom is 0.221 e. The van der Waals surface area contributed by atoms with E-state index in [1.165, 1.54) is 10.9 Å². The number of carbonyl (C=O) groups is 1. The van der Waals surface area contributed by atoms with Crippen LogP contribution in [-0.4, -0.2) is 56.1 Å². The van der Waals surface area contributed by atoms with E-state index in [2.05, 4.69) is 46.7 Å². The van der Waals surface area contributed by atoms with Crippen molar-refractivity contribution in [1.82, 2.24) is 20.5 Å². The second kappa shape index (κ2) is 9.33.